The summed E-state index contributed by atoms with van der Waals surface area (Å²) >= 11 is 1.30. The first-order chi connectivity index (χ1) is 19.4. The SMILES string of the molecule is C[C@H](NC(=O)c1cc(-c2ccsn2)cc2cnc(C(=O)c3ccc4ccccc4c3)n12)c1ccc(C(=O)O)cc1. The number of ketones is 1. The number of carbonyl (C=O) groups is 3. The van der Waals surface area contributed by atoms with E-state index < -0.39 is 17.9 Å². The number of carbonyl (C=O) groups excluding carboxylic acids is 2. The Morgan fingerprint density at radius 1 is 0.900 bits per heavy atom. The lowest BCUT2D eigenvalue weighted by molar-refractivity contribution is 0.0696. The molecule has 0 bridgehead atoms. The smallest absolute Gasteiger partial charge is 0.335 e. The molecule has 0 unspecified atom stereocenters. The summed E-state index contributed by atoms with van der Waals surface area (Å²) in [6.45, 7) is 1.81. The number of hydrogen-bond donors (Lipinski definition) is 2. The van der Waals surface area contributed by atoms with Crippen molar-refractivity contribution in [3.8, 4) is 11.3 Å². The molecule has 6 rings (SSSR count). The topological polar surface area (TPSA) is 114 Å². The van der Waals surface area contributed by atoms with Crippen LogP contribution in [0.1, 0.15) is 55.6 Å². The summed E-state index contributed by atoms with van der Waals surface area (Å²) in [7, 11) is 0. The van der Waals surface area contributed by atoms with Gasteiger partial charge in [0, 0.05) is 16.5 Å². The van der Waals surface area contributed by atoms with E-state index in [-0.39, 0.29) is 22.9 Å². The van der Waals surface area contributed by atoms with Crippen molar-refractivity contribution in [3.63, 3.8) is 0 Å². The number of aromatic carboxylic acids is 1. The molecule has 0 radical (unpaired) electrons. The van der Waals surface area contributed by atoms with Crippen LogP contribution in [0.25, 0.3) is 27.5 Å². The van der Waals surface area contributed by atoms with Crippen LogP contribution >= 0.6 is 11.5 Å². The van der Waals surface area contributed by atoms with E-state index in [1.54, 1.807) is 34.9 Å². The minimum absolute atomic E-state index is 0.124. The molecule has 0 aliphatic heterocycles. The second-order valence-corrected chi connectivity index (χ2v) is 10.0. The number of amides is 1. The van der Waals surface area contributed by atoms with Crippen LogP contribution in [0, 0.1) is 0 Å². The summed E-state index contributed by atoms with van der Waals surface area (Å²) in [4.78, 5) is 43.1. The van der Waals surface area contributed by atoms with Crippen LogP contribution in [-0.4, -0.2) is 36.5 Å². The third-order valence-electron chi connectivity index (χ3n) is 6.81. The summed E-state index contributed by atoms with van der Waals surface area (Å²) in [6, 6.07) is 24.6. The highest BCUT2D eigenvalue weighted by molar-refractivity contribution is 7.03. The van der Waals surface area contributed by atoms with E-state index in [1.807, 2.05) is 60.8 Å². The van der Waals surface area contributed by atoms with Crippen molar-refractivity contribution in [1.29, 1.82) is 0 Å². The molecule has 0 fully saturated rings. The van der Waals surface area contributed by atoms with Crippen LogP contribution in [0.5, 0.6) is 0 Å². The number of nitrogens with one attached hydrogen (secondary N) is 1. The maximum absolute atomic E-state index is 13.7. The van der Waals surface area contributed by atoms with Crippen molar-refractivity contribution < 1.29 is 19.5 Å². The van der Waals surface area contributed by atoms with Gasteiger partial charge in [-0.2, -0.15) is 4.37 Å². The molecule has 0 aliphatic carbocycles. The van der Waals surface area contributed by atoms with E-state index in [0.717, 1.165) is 21.9 Å². The van der Waals surface area contributed by atoms with Gasteiger partial charge in [0.15, 0.2) is 5.82 Å². The highest BCUT2D eigenvalue weighted by Crippen LogP contribution is 2.26. The normalized spacial score (nSPS) is 11.9. The number of carboxylic acids is 1. The van der Waals surface area contributed by atoms with E-state index in [9.17, 15) is 19.5 Å². The Kier molecular flexibility index (Phi) is 6.41. The predicted molar refractivity (Wildman–Crippen MR) is 153 cm³/mol. The van der Waals surface area contributed by atoms with Crippen LogP contribution in [0.15, 0.2) is 96.5 Å². The fourth-order valence-electron chi connectivity index (χ4n) is 4.70. The number of benzene rings is 3. The van der Waals surface area contributed by atoms with Crippen molar-refractivity contribution in [2.75, 3.05) is 0 Å². The molecular weight excluding hydrogens is 524 g/mol. The van der Waals surface area contributed by atoms with Gasteiger partial charge in [0.25, 0.3) is 5.91 Å². The van der Waals surface area contributed by atoms with Gasteiger partial charge >= 0.3 is 5.97 Å². The van der Waals surface area contributed by atoms with Crippen molar-refractivity contribution in [1.82, 2.24) is 19.1 Å². The molecule has 0 aliphatic rings. The number of imidazole rings is 1. The zero-order valence-electron chi connectivity index (χ0n) is 21.2. The fraction of sp³-hybridized carbons (Fsp3) is 0.0645. The monoisotopic (exact) mass is 546 g/mol. The van der Waals surface area contributed by atoms with Gasteiger partial charge in [-0.05, 0) is 71.2 Å². The van der Waals surface area contributed by atoms with Gasteiger partial charge in [0.2, 0.25) is 5.78 Å². The van der Waals surface area contributed by atoms with Gasteiger partial charge in [-0.1, -0.05) is 48.5 Å². The van der Waals surface area contributed by atoms with Crippen molar-refractivity contribution >= 4 is 45.5 Å². The quantitative estimate of drug-likeness (QED) is 0.236. The molecule has 0 saturated heterocycles. The Morgan fingerprint density at radius 2 is 1.65 bits per heavy atom. The summed E-state index contributed by atoms with van der Waals surface area (Å²) in [5.41, 5.74) is 3.62. The van der Waals surface area contributed by atoms with Gasteiger partial charge in [-0.25, -0.2) is 9.78 Å². The number of rotatable bonds is 7. The third kappa shape index (κ3) is 4.63. The molecule has 3 aromatic carbocycles. The first kappa shape index (κ1) is 25.1. The maximum Gasteiger partial charge on any atom is 0.335 e. The minimum atomic E-state index is -1.02. The molecule has 8 nitrogen and oxygen atoms in total. The molecule has 3 aromatic heterocycles. The lowest BCUT2D eigenvalue weighted by atomic mass is 10.0. The summed E-state index contributed by atoms with van der Waals surface area (Å²) in [5, 5.41) is 16.0. The van der Waals surface area contributed by atoms with Gasteiger partial charge in [-0.15, -0.1) is 0 Å². The van der Waals surface area contributed by atoms with Gasteiger partial charge in [0.05, 0.1) is 29.0 Å². The summed E-state index contributed by atoms with van der Waals surface area (Å²) in [6.07, 6.45) is 1.58. The molecule has 1 amide bonds. The van der Waals surface area contributed by atoms with Crippen LogP contribution < -0.4 is 5.32 Å². The van der Waals surface area contributed by atoms with E-state index in [0.29, 0.717) is 16.8 Å². The fourth-order valence-corrected chi connectivity index (χ4v) is 5.23. The maximum atomic E-state index is 13.7. The van der Waals surface area contributed by atoms with E-state index in [4.69, 9.17) is 0 Å². The zero-order valence-corrected chi connectivity index (χ0v) is 22.1. The molecule has 0 spiro atoms. The predicted octanol–water partition coefficient (Wildman–Crippen LogP) is 6.03. The van der Waals surface area contributed by atoms with Crippen LogP contribution in [-0.2, 0) is 0 Å². The molecule has 6 aromatic rings. The van der Waals surface area contributed by atoms with Crippen molar-refractivity contribution in [3.05, 3.63) is 125 Å². The van der Waals surface area contributed by atoms with E-state index in [2.05, 4.69) is 14.7 Å². The number of fused-ring (bicyclic) bond motifs is 2. The van der Waals surface area contributed by atoms with Crippen molar-refractivity contribution in [2.24, 2.45) is 0 Å². The number of carboxylic acid groups (broad SMARTS) is 1. The number of aromatic nitrogens is 3. The lowest BCUT2D eigenvalue weighted by Crippen LogP contribution is -2.29. The molecule has 40 heavy (non-hydrogen) atoms. The highest BCUT2D eigenvalue weighted by Gasteiger charge is 2.23. The zero-order chi connectivity index (χ0) is 27.8. The molecule has 3 heterocycles. The molecule has 2 N–H and O–H groups in total. The first-order valence-electron chi connectivity index (χ1n) is 12.5. The molecule has 196 valence electrons. The Morgan fingerprint density at radius 3 is 2.38 bits per heavy atom. The number of nitrogens with zero attached hydrogens (tertiary/aromatic N) is 3. The van der Waals surface area contributed by atoms with Crippen LogP contribution in [0.4, 0.5) is 0 Å². The third-order valence-corrected chi connectivity index (χ3v) is 7.37. The average molecular weight is 547 g/mol. The Bertz CT molecular complexity index is 1910. The lowest BCUT2D eigenvalue weighted by Gasteiger charge is -2.17. The van der Waals surface area contributed by atoms with Crippen LogP contribution in [0.3, 0.4) is 0 Å². The van der Waals surface area contributed by atoms with Gasteiger partial charge in [-0.3, -0.25) is 14.0 Å². The highest BCUT2D eigenvalue weighted by atomic mass is 32.1. The van der Waals surface area contributed by atoms with Gasteiger partial charge < -0.3 is 10.4 Å². The Balaban J connectivity index is 1.41. The number of pyridine rings is 1. The second-order valence-electron chi connectivity index (χ2n) is 9.37. The Labute approximate surface area is 232 Å². The molecular formula is C31H22N4O4S. The van der Waals surface area contributed by atoms with E-state index >= 15 is 0 Å². The number of hydrogen-bond acceptors (Lipinski definition) is 6. The molecule has 1 atom stereocenters. The summed E-state index contributed by atoms with van der Waals surface area (Å²) < 4.78 is 5.98. The van der Waals surface area contributed by atoms with E-state index in [1.165, 1.54) is 23.7 Å². The average Bonchev–Trinajstić information content (AvgIpc) is 3.67. The Hall–Kier alpha value is -5.15. The molecule has 0 saturated carbocycles. The first-order valence-corrected chi connectivity index (χ1v) is 13.3. The largest absolute Gasteiger partial charge is 0.478 e. The summed E-state index contributed by atoms with van der Waals surface area (Å²) in [5.74, 6) is -1.62. The molecule has 9 heteroatoms. The standard InChI is InChI=1S/C31H22N4O4S/c1-18(19-6-9-21(10-7-19)31(38)39)33-30(37)27-16-24(26-12-13-40-34-26)15-25-17-32-29(35(25)27)28(36)23-11-8-20-4-2-3-5-22(20)14-23/h2-18H,1H3,(H,33,37)(H,38,39)/t18-/m0/s1. The van der Waals surface area contributed by atoms with Crippen molar-refractivity contribution in [2.45, 2.75) is 13.0 Å². The van der Waals surface area contributed by atoms with Gasteiger partial charge in [0.1, 0.15) is 5.69 Å². The van der Waals surface area contributed by atoms with Crippen LogP contribution in [0.2, 0.25) is 0 Å². The minimum Gasteiger partial charge on any atom is -0.478 e. The second kappa shape index (κ2) is 10.2.